The Labute approximate surface area is 137 Å². The molecule has 0 radical (unpaired) electrons. The monoisotopic (exact) mass is 321 g/mol. The highest BCUT2D eigenvalue weighted by Gasteiger charge is 2.17. The third-order valence-electron chi connectivity index (χ3n) is 3.93. The van der Waals surface area contributed by atoms with E-state index >= 15 is 0 Å². The highest BCUT2D eigenvalue weighted by atomic mass is 32.1. The van der Waals surface area contributed by atoms with E-state index in [9.17, 15) is 0 Å². The number of aryl methyl sites for hydroxylation is 2. The zero-order valence-corrected chi connectivity index (χ0v) is 15.2. The predicted molar refractivity (Wildman–Crippen MR) is 94.7 cm³/mol. The number of nitrogens with one attached hydrogen (secondary N) is 1. The molecule has 2 aromatic heterocycles. The standard InChI is InChI=1S/C16H27N5S/c1-12-14(16(20(4)5)21(6)18-12)9-17-10-15(19(2)3)13-7-8-22-11-13/h7-8,11,15,17H,9-10H2,1-6H3. The van der Waals surface area contributed by atoms with E-state index < -0.39 is 0 Å². The van der Waals surface area contributed by atoms with Crippen molar-refractivity contribution < 1.29 is 0 Å². The van der Waals surface area contributed by atoms with Crippen molar-refractivity contribution in [2.75, 3.05) is 39.6 Å². The number of anilines is 1. The molecule has 0 saturated heterocycles. The van der Waals surface area contributed by atoms with Gasteiger partial charge in [-0.15, -0.1) is 0 Å². The van der Waals surface area contributed by atoms with Crippen LogP contribution in [0.25, 0.3) is 0 Å². The van der Waals surface area contributed by atoms with Gasteiger partial charge in [-0.1, -0.05) is 0 Å². The van der Waals surface area contributed by atoms with E-state index in [2.05, 4.69) is 72.2 Å². The Morgan fingerprint density at radius 2 is 2.05 bits per heavy atom. The minimum Gasteiger partial charge on any atom is -0.363 e. The van der Waals surface area contributed by atoms with Gasteiger partial charge in [0.15, 0.2) is 0 Å². The Morgan fingerprint density at radius 1 is 1.32 bits per heavy atom. The van der Waals surface area contributed by atoms with Crippen LogP contribution in [-0.4, -0.2) is 49.4 Å². The first-order chi connectivity index (χ1) is 10.4. The highest BCUT2D eigenvalue weighted by molar-refractivity contribution is 7.07. The second-order valence-electron chi connectivity index (χ2n) is 6.07. The number of rotatable bonds is 7. The second-order valence-corrected chi connectivity index (χ2v) is 6.85. The maximum atomic E-state index is 4.54. The van der Waals surface area contributed by atoms with Gasteiger partial charge in [0.05, 0.1) is 5.69 Å². The van der Waals surface area contributed by atoms with E-state index in [0.29, 0.717) is 6.04 Å². The number of hydrogen-bond acceptors (Lipinski definition) is 5. The van der Waals surface area contributed by atoms with Crippen molar-refractivity contribution in [2.24, 2.45) is 7.05 Å². The van der Waals surface area contributed by atoms with E-state index in [1.54, 1.807) is 11.3 Å². The van der Waals surface area contributed by atoms with Crippen molar-refractivity contribution in [2.45, 2.75) is 19.5 Å². The molecular weight excluding hydrogens is 294 g/mol. The maximum Gasteiger partial charge on any atom is 0.130 e. The lowest BCUT2D eigenvalue weighted by Crippen LogP contribution is -2.31. The topological polar surface area (TPSA) is 36.3 Å². The van der Waals surface area contributed by atoms with Crippen molar-refractivity contribution in [1.82, 2.24) is 20.0 Å². The molecule has 6 heteroatoms. The smallest absolute Gasteiger partial charge is 0.130 e. The summed E-state index contributed by atoms with van der Waals surface area (Å²) < 4.78 is 1.95. The first kappa shape index (κ1) is 17.0. The van der Waals surface area contributed by atoms with Crippen LogP contribution < -0.4 is 10.2 Å². The van der Waals surface area contributed by atoms with E-state index in [0.717, 1.165) is 18.8 Å². The molecule has 1 N–H and O–H groups in total. The molecule has 0 aliphatic carbocycles. The van der Waals surface area contributed by atoms with Crippen LogP contribution in [0.5, 0.6) is 0 Å². The Hall–Kier alpha value is -1.37. The molecule has 0 aromatic carbocycles. The number of aromatic nitrogens is 2. The molecule has 0 aliphatic heterocycles. The maximum absolute atomic E-state index is 4.54. The SMILES string of the molecule is Cc1nn(C)c(N(C)C)c1CNCC(c1ccsc1)N(C)C. The van der Waals surface area contributed by atoms with E-state index in [4.69, 9.17) is 0 Å². The molecule has 1 unspecified atom stereocenters. The van der Waals surface area contributed by atoms with Crippen LogP contribution in [0.4, 0.5) is 5.82 Å². The predicted octanol–water partition coefficient (Wildman–Crippen LogP) is 2.25. The van der Waals surface area contributed by atoms with Crippen molar-refractivity contribution in [1.29, 1.82) is 0 Å². The number of nitrogens with zero attached hydrogens (tertiary/aromatic N) is 4. The summed E-state index contributed by atoms with van der Waals surface area (Å²) in [6.07, 6.45) is 0. The zero-order chi connectivity index (χ0) is 16.3. The minimum absolute atomic E-state index is 0.394. The van der Waals surface area contributed by atoms with Crippen LogP contribution in [0.2, 0.25) is 0 Å². The van der Waals surface area contributed by atoms with Gasteiger partial charge < -0.3 is 15.1 Å². The van der Waals surface area contributed by atoms with Gasteiger partial charge in [0.2, 0.25) is 0 Å². The number of thiophene rings is 1. The summed E-state index contributed by atoms with van der Waals surface area (Å²) in [6, 6.07) is 2.60. The van der Waals surface area contributed by atoms with Crippen LogP contribution in [0.15, 0.2) is 16.8 Å². The van der Waals surface area contributed by atoms with Crippen molar-refractivity contribution in [3.8, 4) is 0 Å². The molecule has 0 amide bonds. The van der Waals surface area contributed by atoms with Crippen LogP contribution in [0.3, 0.4) is 0 Å². The molecule has 0 spiro atoms. The van der Waals surface area contributed by atoms with Crippen LogP contribution in [-0.2, 0) is 13.6 Å². The molecule has 2 aromatic rings. The van der Waals surface area contributed by atoms with Gasteiger partial charge >= 0.3 is 0 Å². The fourth-order valence-electron chi connectivity index (χ4n) is 2.85. The van der Waals surface area contributed by atoms with Gasteiger partial charge in [-0.3, -0.25) is 4.68 Å². The quantitative estimate of drug-likeness (QED) is 0.848. The molecule has 5 nitrogen and oxygen atoms in total. The molecule has 0 fully saturated rings. The van der Waals surface area contributed by atoms with Gasteiger partial charge in [-0.2, -0.15) is 16.4 Å². The van der Waals surface area contributed by atoms with E-state index in [1.165, 1.54) is 16.9 Å². The molecule has 2 heterocycles. The van der Waals surface area contributed by atoms with Gasteiger partial charge in [0, 0.05) is 45.8 Å². The molecule has 0 aliphatic rings. The van der Waals surface area contributed by atoms with Crippen LogP contribution in [0.1, 0.15) is 22.9 Å². The summed E-state index contributed by atoms with van der Waals surface area (Å²) in [5, 5.41) is 12.5. The van der Waals surface area contributed by atoms with Gasteiger partial charge in [-0.05, 0) is 43.4 Å². The third-order valence-corrected chi connectivity index (χ3v) is 4.63. The van der Waals surface area contributed by atoms with Gasteiger partial charge in [0.25, 0.3) is 0 Å². The zero-order valence-electron chi connectivity index (χ0n) is 14.4. The Balaban J connectivity index is 2.04. The van der Waals surface area contributed by atoms with E-state index in [1.807, 2.05) is 11.7 Å². The average molecular weight is 321 g/mol. The lowest BCUT2D eigenvalue weighted by molar-refractivity contribution is 0.289. The largest absolute Gasteiger partial charge is 0.363 e. The average Bonchev–Trinajstić information content (AvgIpc) is 3.02. The van der Waals surface area contributed by atoms with Crippen LogP contribution >= 0.6 is 11.3 Å². The summed E-state index contributed by atoms with van der Waals surface area (Å²) in [7, 11) is 10.4. The Bertz CT molecular complexity index is 586. The number of hydrogen-bond donors (Lipinski definition) is 1. The first-order valence-electron chi connectivity index (χ1n) is 7.50. The second kappa shape index (κ2) is 7.26. The first-order valence-corrected chi connectivity index (χ1v) is 8.45. The summed E-state index contributed by atoms with van der Waals surface area (Å²) >= 11 is 1.75. The lowest BCUT2D eigenvalue weighted by atomic mass is 10.1. The van der Waals surface area contributed by atoms with Crippen molar-refractivity contribution >= 4 is 17.2 Å². The molecule has 2 rings (SSSR count). The molecular formula is C16H27N5S. The number of likely N-dealkylation sites (N-methyl/N-ethyl adjacent to an activating group) is 1. The fraction of sp³-hybridized carbons (Fsp3) is 0.562. The van der Waals surface area contributed by atoms with Gasteiger partial charge in [0.1, 0.15) is 5.82 Å². The lowest BCUT2D eigenvalue weighted by Gasteiger charge is -2.24. The van der Waals surface area contributed by atoms with Crippen molar-refractivity contribution in [3.05, 3.63) is 33.6 Å². The summed E-state index contributed by atoms with van der Waals surface area (Å²) in [6.45, 7) is 3.83. The van der Waals surface area contributed by atoms with Gasteiger partial charge in [-0.25, -0.2) is 0 Å². The molecule has 0 bridgehead atoms. The molecule has 22 heavy (non-hydrogen) atoms. The molecule has 122 valence electrons. The molecule has 1 atom stereocenters. The Morgan fingerprint density at radius 3 is 2.59 bits per heavy atom. The van der Waals surface area contributed by atoms with E-state index in [-0.39, 0.29) is 0 Å². The highest BCUT2D eigenvalue weighted by Crippen LogP contribution is 2.23. The Kier molecular flexibility index (Phi) is 5.61. The molecule has 0 saturated carbocycles. The van der Waals surface area contributed by atoms with Crippen LogP contribution in [0, 0.1) is 6.92 Å². The summed E-state index contributed by atoms with van der Waals surface area (Å²) in [5.41, 5.74) is 3.74. The summed E-state index contributed by atoms with van der Waals surface area (Å²) in [4.78, 5) is 4.39. The van der Waals surface area contributed by atoms with Crippen molar-refractivity contribution in [3.63, 3.8) is 0 Å². The fourth-order valence-corrected chi connectivity index (χ4v) is 3.56. The summed E-state index contributed by atoms with van der Waals surface area (Å²) in [5.74, 6) is 1.17. The normalized spacial score (nSPS) is 12.9. The minimum atomic E-state index is 0.394. The third kappa shape index (κ3) is 3.69.